The number of hydrogen-bond acceptors (Lipinski definition) is 7. The van der Waals surface area contributed by atoms with Crippen LogP contribution < -0.4 is 5.32 Å². The number of carbonyl (C=O) groups excluding carboxylic acids is 1. The highest BCUT2D eigenvalue weighted by Gasteiger charge is 2.24. The van der Waals surface area contributed by atoms with Crippen LogP contribution in [0.1, 0.15) is 16.7 Å². The van der Waals surface area contributed by atoms with Gasteiger partial charge in [-0.05, 0) is 17.7 Å². The zero-order valence-electron chi connectivity index (χ0n) is 19.1. The summed E-state index contributed by atoms with van der Waals surface area (Å²) in [6.45, 7) is 1.26. The Labute approximate surface area is 203 Å². The molecule has 10 nitrogen and oxygen atoms in total. The van der Waals surface area contributed by atoms with Crippen LogP contribution in [0.2, 0.25) is 0 Å². The number of rotatable bonds is 9. The number of nitriles is 1. The van der Waals surface area contributed by atoms with E-state index in [1.54, 1.807) is 31.3 Å². The number of carboxylic acid groups (broad SMARTS) is 1. The minimum absolute atomic E-state index is 0.0310. The fourth-order valence-corrected chi connectivity index (χ4v) is 4.74. The monoisotopic (exact) mass is 495 g/mol. The van der Waals surface area contributed by atoms with Crippen LogP contribution in [0.5, 0.6) is 0 Å². The van der Waals surface area contributed by atoms with E-state index in [2.05, 4.69) is 10.3 Å². The Morgan fingerprint density at radius 3 is 2.63 bits per heavy atom. The van der Waals surface area contributed by atoms with Gasteiger partial charge in [0.2, 0.25) is 5.91 Å². The summed E-state index contributed by atoms with van der Waals surface area (Å²) in [4.78, 5) is 30.6. The van der Waals surface area contributed by atoms with E-state index in [0.29, 0.717) is 31.0 Å². The number of carbonyl (C=O) groups is 2. The van der Waals surface area contributed by atoms with Crippen LogP contribution >= 0.6 is 0 Å². The van der Waals surface area contributed by atoms with Crippen LogP contribution in [-0.2, 0) is 21.2 Å². The number of nitrogens with zero attached hydrogens (tertiary/aromatic N) is 4. The fourth-order valence-electron chi connectivity index (χ4n) is 3.46. The Morgan fingerprint density at radius 2 is 1.94 bits per heavy atom. The average molecular weight is 496 g/mol. The first-order valence-electron chi connectivity index (χ1n) is 10.7. The molecule has 182 valence electrons. The minimum atomic E-state index is -3.69. The van der Waals surface area contributed by atoms with Gasteiger partial charge in [-0.2, -0.15) is 5.26 Å². The maximum Gasteiger partial charge on any atom is 0.413 e. The van der Waals surface area contributed by atoms with Crippen LogP contribution in [0.15, 0.2) is 70.6 Å². The zero-order valence-corrected chi connectivity index (χ0v) is 19.9. The summed E-state index contributed by atoms with van der Waals surface area (Å²) in [5.74, 6) is -0.204. The molecule has 2 aromatic carbocycles. The van der Waals surface area contributed by atoms with Gasteiger partial charge in [-0.15, -0.1) is 0 Å². The lowest BCUT2D eigenvalue weighted by Gasteiger charge is -2.17. The fraction of sp³-hybridized carbons (Fsp3) is 0.250. The third-order valence-electron chi connectivity index (χ3n) is 5.24. The average Bonchev–Trinajstić information content (AvgIpc) is 3.34. The summed E-state index contributed by atoms with van der Waals surface area (Å²) in [7, 11) is -2.04. The highest BCUT2D eigenvalue weighted by Crippen LogP contribution is 2.16. The van der Waals surface area contributed by atoms with Crippen LogP contribution in [0.4, 0.5) is 4.79 Å². The third kappa shape index (κ3) is 6.53. The van der Waals surface area contributed by atoms with Crippen molar-refractivity contribution in [2.24, 2.45) is 4.99 Å². The molecule has 2 aromatic rings. The second-order valence-electron chi connectivity index (χ2n) is 7.75. The number of benzene rings is 2. The number of likely N-dealkylation sites (N-methyl/N-ethyl adjacent to an activating group) is 1. The van der Waals surface area contributed by atoms with Gasteiger partial charge in [0.1, 0.15) is 17.8 Å². The van der Waals surface area contributed by atoms with Gasteiger partial charge in [0.15, 0.2) is 9.84 Å². The van der Waals surface area contributed by atoms with E-state index < -0.39 is 15.9 Å². The minimum Gasteiger partial charge on any atom is -0.465 e. The molecule has 2 amide bonds. The van der Waals surface area contributed by atoms with Crippen LogP contribution in [0.3, 0.4) is 0 Å². The molecule has 2 N–H and O–H groups in total. The van der Waals surface area contributed by atoms with E-state index >= 15 is 0 Å². The number of amides is 2. The molecule has 0 saturated heterocycles. The predicted octanol–water partition coefficient (Wildman–Crippen LogP) is 1.83. The van der Waals surface area contributed by atoms with Crippen LogP contribution in [-0.4, -0.2) is 73.7 Å². The van der Waals surface area contributed by atoms with E-state index in [1.807, 2.05) is 18.2 Å². The normalized spacial score (nSPS) is 13.5. The molecule has 0 bridgehead atoms. The molecule has 1 heterocycles. The van der Waals surface area contributed by atoms with Crippen molar-refractivity contribution in [1.29, 1.82) is 5.26 Å². The molecule has 0 saturated carbocycles. The van der Waals surface area contributed by atoms with Gasteiger partial charge < -0.3 is 10.0 Å². The van der Waals surface area contributed by atoms with E-state index in [-0.39, 0.29) is 28.8 Å². The third-order valence-corrected chi connectivity index (χ3v) is 6.85. The van der Waals surface area contributed by atoms with E-state index in [9.17, 15) is 23.1 Å². The first kappa shape index (κ1) is 25.6. The molecule has 0 unspecified atom stereocenters. The molecule has 35 heavy (non-hydrogen) atoms. The topological polar surface area (TPSA) is 143 Å². The molecule has 0 atom stereocenters. The van der Waals surface area contributed by atoms with Gasteiger partial charge in [-0.3, -0.25) is 20.0 Å². The second-order valence-corrected chi connectivity index (χ2v) is 9.71. The number of nitrogens with one attached hydrogen (secondary N) is 1. The van der Waals surface area contributed by atoms with Crippen molar-refractivity contribution < 1.29 is 23.1 Å². The quantitative estimate of drug-likeness (QED) is 0.399. The van der Waals surface area contributed by atoms with Gasteiger partial charge in [0.05, 0.1) is 23.5 Å². The summed E-state index contributed by atoms with van der Waals surface area (Å²) in [5, 5.41) is 21.1. The molecule has 1 aliphatic rings. The van der Waals surface area contributed by atoms with Crippen molar-refractivity contribution in [1.82, 2.24) is 15.1 Å². The first-order chi connectivity index (χ1) is 16.7. The Hall–Kier alpha value is -4.01. The summed E-state index contributed by atoms with van der Waals surface area (Å²) in [6, 6.07) is 15.0. The summed E-state index contributed by atoms with van der Waals surface area (Å²) in [5.41, 5.74) is 1.64. The van der Waals surface area contributed by atoms with Gasteiger partial charge in [0, 0.05) is 31.8 Å². The van der Waals surface area contributed by atoms with Crippen molar-refractivity contribution in [3.8, 4) is 6.07 Å². The standard InChI is InChI=1S/C24H25N5O5S/c1-28(16-18-8-10-19(11-9-18)23-27-13-14-29(23)24(31)32)22(30)7-4-12-26-17-35(33,34)21-6-3-2-5-20(21)15-25/h2-11,26H,12-14,16-17H2,1H3,(H,31,32)/b7-4+. The van der Waals surface area contributed by atoms with E-state index in [1.165, 1.54) is 34.1 Å². The zero-order chi connectivity index (χ0) is 25.4. The smallest absolute Gasteiger partial charge is 0.413 e. The van der Waals surface area contributed by atoms with Crippen molar-refractivity contribution in [2.45, 2.75) is 11.4 Å². The van der Waals surface area contributed by atoms with Crippen LogP contribution in [0, 0.1) is 11.3 Å². The number of aliphatic imine (C=N–C) groups is 1. The Bertz CT molecular complexity index is 1300. The SMILES string of the molecule is CN(Cc1ccc(C2=NCCN2C(=O)O)cc1)C(=O)/C=C/CNCS(=O)(=O)c1ccccc1C#N. The van der Waals surface area contributed by atoms with Gasteiger partial charge >= 0.3 is 6.09 Å². The van der Waals surface area contributed by atoms with Gasteiger partial charge in [-0.25, -0.2) is 13.2 Å². The lowest BCUT2D eigenvalue weighted by Crippen LogP contribution is -2.33. The van der Waals surface area contributed by atoms with Crippen molar-refractivity contribution in [2.75, 3.05) is 32.6 Å². The molecular weight excluding hydrogens is 470 g/mol. The molecular formula is C24H25N5O5S. The van der Waals surface area contributed by atoms with Crippen molar-refractivity contribution in [3.05, 3.63) is 77.4 Å². The molecule has 0 spiro atoms. The molecule has 3 rings (SSSR count). The maximum atomic E-state index is 12.4. The molecule has 0 aliphatic carbocycles. The van der Waals surface area contributed by atoms with Crippen molar-refractivity contribution in [3.63, 3.8) is 0 Å². The highest BCUT2D eigenvalue weighted by atomic mass is 32.2. The Morgan fingerprint density at radius 1 is 1.23 bits per heavy atom. The lowest BCUT2D eigenvalue weighted by molar-refractivity contribution is -0.125. The highest BCUT2D eigenvalue weighted by molar-refractivity contribution is 7.91. The molecule has 0 radical (unpaired) electrons. The van der Waals surface area contributed by atoms with Gasteiger partial charge in [-0.1, -0.05) is 42.5 Å². The molecule has 11 heteroatoms. The molecule has 0 fully saturated rings. The Kier molecular flexibility index (Phi) is 8.35. The van der Waals surface area contributed by atoms with Crippen LogP contribution in [0.25, 0.3) is 0 Å². The summed E-state index contributed by atoms with van der Waals surface area (Å²) in [6.07, 6.45) is 1.85. The van der Waals surface area contributed by atoms with Gasteiger partial charge in [0.25, 0.3) is 0 Å². The summed E-state index contributed by atoms with van der Waals surface area (Å²) >= 11 is 0. The van der Waals surface area contributed by atoms with E-state index in [0.717, 1.165) is 5.56 Å². The Balaban J connectivity index is 1.48. The number of sulfone groups is 1. The van der Waals surface area contributed by atoms with E-state index in [4.69, 9.17) is 5.26 Å². The second kappa shape index (κ2) is 11.4. The largest absolute Gasteiger partial charge is 0.465 e. The predicted molar refractivity (Wildman–Crippen MR) is 129 cm³/mol. The van der Waals surface area contributed by atoms with Crippen molar-refractivity contribution >= 4 is 27.7 Å². The number of hydrogen-bond donors (Lipinski definition) is 2. The first-order valence-corrected chi connectivity index (χ1v) is 12.4. The molecule has 0 aromatic heterocycles. The lowest BCUT2D eigenvalue weighted by atomic mass is 10.1. The number of amidine groups is 1. The summed E-state index contributed by atoms with van der Waals surface area (Å²) < 4.78 is 24.9. The molecule has 1 aliphatic heterocycles. The maximum absolute atomic E-state index is 12.4.